The number of aliphatic carboxylic acids is 1. The Bertz CT molecular complexity index is 396. The lowest BCUT2D eigenvalue weighted by molar-refractivity contribution is -0.884. The number of benzene rings is 1. The zero-order valence-corrected chi connectivity index (χ0v) is 15.5. The van der Waals surface area contributed by atoms with Crippen molar-refractivity contribution in [3.05, 3.63) is 35.9 Å². The number of quaternary nitrogens is 1. The van der Waals surface area contributed by atoms with Gasteiger partial charge >= 0.3 is 0 Å². The van der Waals surface area contributed by atoms with E-state index in [4.69, 9.17) is 0 Å². The monoisotopic (exact) mass is 321 g/mol. The van der Waals surface area contributed by atoms with Crippen LogP contribution in [-0.4, -0.2) is 31.6 Å². The van der Waals surface area contributed by atoms with Gasteiger partial charge < -0.3 is 14.4 Å². The fourth-order valence-electron chi connectivity index (χ4n) is 2.36. The predicted molar refractivity (Wildman–Crippen MR) is 95.8 cm³/mol. The SMILES string of the molecule is CCCCCCCCCC(=O)[O-].C[N+](C)(C)Cc1ccccc1. The number of hydrogen-bond donors (Lipinski definition) is 0. The average molecular weight is 322 g/mol. The van der Waals surface area contributed by atoms with E-state index in [0.717, 1.165) is 23.9 Å². The van der Waals surface area contributed by atoms with Gasteiger partial charge in [-0.15, -0.1) is 0 Å². The van der Waals surface area contributed by atoms with Gasteiger partial charge in [0.1, 0.15) is 6.54 Å². The molecule has 0 saturated carbocycles. The van der Waals surface area contributed by atoms with Crippen LogP contribution < -0.4 is 5.11 Å². The molecule has 0 spiro atoms. The topological polar surface area (TPSA) is 40.1 Å². The fraction of sp³-hybridized carbons (Fsp3) is 0.650. The van der Waals surface area contributed by atoms with Crippen LogP contribution in [-0.2, 0) is 11.3 Å². The summed E-state index contributed by atoms with van der Waals surface area (Å²) in [6, 6.07) is 10.6. The highest BCUT2D eigenvalue weighted by molar-refractivity contribution is 5.63. The average Bonchev–Trinajstić information content (AvgIpc) is 2.46. The quantitative estimate of drug-likeness (QED) is 0.486. The first-order valence-electron chi connectivity index (χ1n) is 8.89. The number of carboxylic acid groups (broad SMARTS) is 1. The summed E-state index contributed by atoms with van der Waals surface area (Å²) in [4.78, 5) is 10.0. The molecule has 0 aliphatic heterocycles. The van der Waals surface area contributed by atoms with Crippen LogP contribution in [0.1, 0.15) is 63.9 Å². The Hall–Kier alpha value is -1.35. The second kappa shape index (κ2) is 13.1. The van der Waals surface area contributed by atoms with Gasteiger partial charge in [0.15, 0.2) is 0 Å². The Morgan fingerprint density at radius 2 is 1.43 bits per heavy atom. The molecule has 0 fully saturated rings. The molecule has 1 rings (SSSR count). The van der Waals surface area contributed by atoms with Crippen molar-refractivity contribution in [2.75, 3.05) is 21.1 Å². The van der Waals surface area contributed by atoms with Crippen LogP contribution >= 0.6 is 0 Å². The second-order valence-electron chi connectivity index (χ2n) is 7.18. The van der Waals surface area contributed by atoms with Crippen molar-refractivity contribution in [2.45, 2.75) is 64.8 Å². The number of carbonyl (C=O) groups excluding carboxylic acids is 1. The van der Waals surface area contributed by atoms with Crippen LogP contribution in [0.5, 0.6) is 0 Å². The lowest BCUT2D eigenvalue weighted by Gasteiger charge is -2.23. The maximum Gasteiger partial charge on any atom is 0.104 e. The predicted octanol–water partition coefficient (Wildman–Crippen LogP) is 3.77. The Kier molecular flexibility index (Phi) is 12.4. The van der Waals surface area contributed by atoms with Gasteiger partial charge in [-0.05, 0) is 12.8 Å². The first-order valence-corrected chi connectivity index (χ1v) is 8.89. The van der Waals surface area contributed by atoms with E-state index < -0.39 is 5.97 Å². The second-order valence-corrected chi connectivity index (χ2v) is 7.18. The molecule has 0 aliphatic carbocycles. The highest BCUT2D eigenvalue weighted by atomic mass is 16.4. The number of rotatable bonds is 10. The van der Waals surface area contributed by atoms with Gasteiger partial charge in [0.25, 0.3) is 0 Å². The standard InChI is InChI=1S/C10H16N.C10H20O2/c1-11(2,3)9-10-7-5-4-6-8-10;1-2-3-4-5-6-7-8-9-10(11)12/h4-8H,9H2,1-3H3;2-9H2,1H3,(H,11,12)/q+1;/p-1. The van der Waals surface area contributed by atoms with E-state index in [1.165, 1.54) is 37.7 Å². The van der Waals surface area contributed by atoms with Gasteiger partial charge in [-0.1, -0.05) is 75.8 Å². The number of unbranched alkanes of at least 4 members (excludes halogenated alkanes) is 6. The van der Waals surface area contributed by atoms with Crippen LogP contribution in [0, 0.1) is 0 Å². The Morgan fingerprint density at radius 3 is 1.91 bits per heavy atom. The highest BCUT2D eigenvalue weighted by Crippen LogP contribution is 2.07. The van der Waals surface area contributed by atoms with E-state index in [2.05, 4.69) is 58.4 Å². The molecular weight excluding hydrogens is 286 g/mol. The lowest BCUT2D eigenvalue weighted by Crippen LogP contribution is -2.33. The van der Waals surface area contributed by atoms with Gasteiger partial charge in [-0.25, -0.2) is 0 Å². The summed E-state index contributed by atoms with van der Waals surface area (Å²) < 4.78 is 0.990. The molecule has 0 heterocycles. The van der Waals surface area contributed by atoms with E-state index in [0.29, 0.717) is 0 Å². The van der Waals surface area contributed by atoms with Crippen LogP contribution in [0.15, 0.2) is 30.3 Å². The third-order valence-corrected chi connectivity index (χ3v) is 3.48. The molecule has 3 heteroatoms. The number of hydrogen-bond acceptors (Lipinski definition) is 2. The molecule has 1 aromatic rings. The fourth-order valence-corrected chi connectivity index (χ4v) is 2.36. The van der Waals surface area contributed by atoms with Crippen molar-refractivity contribution in [3.63, 3.8) is 0 Å². The zero-order valence-electron chi connectivity index (χ0n) is 15.5. The van der Waals surface area contributed by atoms with Crippen LogP contribution in [0.2, 0.25) is 0 Å². The molecule has 0 aliphatic rings. The minimum Gasteiger partial charge on any atom is -0.550 e. The third kappa shape index (κ3) is 16.8. The van der Waals surface area contributed by atoms with Crippen molar-refractivity contribution < 1.29 is 14.4 Å². The first-order chi connectivity index (χ1) is 10.8. The molecule has 1 aromatic carbocycles. The van der Waals surface area contributed by atoms with E-state index in [1.54, 1.807) is 0 Å². The minimum absolute atomic E-state index is 0.230. The maximum absolute atomic E-state index is 10.0. The summed E-state index contributed by atoms with van der Waals surface area (Å²) in [6.45, 7) is 3.29. The molecule has 0 radical (unpaired) electrons. The summed E-state index contributed by atoms with van der Waals surface area (Å²) >= 11 is 0. The number of carbonyl (C=O) groups is 1. The minimum atomic E-state index is -0.913. The summed E-state index contributed by atoms with van der Waals surface area (Å²) in [5, 5.41) is 10.0. The largest absolute Gasteiger partial charge is 0.550 e. The maximum atomic E-state index is 10.0. The van der Waals surface area contributed by atoms with Crippen molar-refractivity contribution in [2.24, 2.45) is 0 Å². The molecule has 0 N–H and O–H groups in total. The Balaban J connectivity index is 0.000000422. The molecule has 0 unspecified atom stereocenters. The highest BCUT2D eigenvalue weighted by Gasteiger charge is 2.06. The summed E-state index contributed by atoms with van der Waals surface area (Å²) in [6.07, 6.45) is 8.34. The lowest BCUT2D eigenvalue weighted by atomic mass is 10.1. The summed E-state index contributed by atoms with van der Waals surface area (Å²) in [5.41, 5.74) is 1.40. The van der Waals surface area contributed by atoms with Gasteiger partial charge in [0.05, 0.1) is 21.1 Å². The first kappa shape index (κ1) is 21.6. The van der Waals surface area contributed by atoms with E-state index >= 15 is 0 Å². The molecular formula is C20H35NO2. The van der Waals surface area contributed by atoms with Crippen molar-refractivity contribution in [3.8, 4) is 0 Å². The van der Waals surface area contributed by atoms with Gasteiger partial charge in [0.2, 0.25) is 0 Å². The van der Waals surface area contributed by atoms with Crippen LogP contribution in [0.4, 0.5) is 0 Å². The molecule has 132 valence electrons. The van der Waals surface area contributed by atoms with Gasteiger partial charge in [-0.2, -0.15) is 0 Å². The molecule has 0 atom stereocenters. The van der Waals surface area contributed by atoms with Crippen LogP contribution in [0.3, 0.4) is 0 Å². The molecule has 3 nitrogen and oxygen atoms in total. The zero-order chi connectivity index (χ0) is 17.6. The Morgan fingerprint density at radius 1 is 0.913 bits per heavy atom. The van der Waals surface area contributed by atoms with Crippen molar-refractivity contribution in [1.29, 1.82) is 0 Å². The van der Waals surface area contributed by atoms with Crippen molar-refractivity contribution >= 4 is 5.97 Å². The number of carboxylic acids is 1. The smallest absolute Gasteiger partial charge is 0.104 e. The van der Waals surface area contributed by atoms with Crippen molar-refractivity contribution in [1.82, 2.24) is 0 Å². The summed E-state index contributed by atoms with van der Waals surface area (Å²) in [5.74, 6) is -0.913. The van der Waals surface area contributed by atoms with E-state index in [-0.39, 0.29) is 6.42 Å². The molecule has 0 bridgehead atoms. The molecule has 0 saturated heterocycles. The molecule has 0 amide bonds. The Labute approximate surface area is 142 Å². The number of nitrogens with zero attached hydrogens (tertiary/aromatic N) is 1. The molecule has 23 heavy (non-hydrogen) atoms. The van der Waals surface area contributed by atoms with E-state index in [9.17, 15) is 9.90 Å². The van der Waals surface area contributed by atoms with E-state index in [1.807, 2.05) is 0 Å². The normalized spacial score (nSPS) is 10.8. The van der Waals surface area contributed by atoms with Gasteiger partial charge in [0, 0.05) is 11.5 Å². The van der Waals surface area contributed by atoms with Gasteiger partial charge in [-0.3, -0.25) is 0 Å². The third-order valence-electron chi connectivity index (χ3n) is 3.48. The molecule has 0 aromatic heterocycles. The van der Waals surface area contributed by atoms with Crippen LogP contribution in [0.25, 0.3) is 0 Å². The summed E-state index contributed by atoms with van der Waals surface area (Å²) in [7, 11) is 6.60.